The number of nitriles is 2. The third kappa shape index (κ3) is 3.02. The van der Waals surface area contributed by atoms with Crippen LogP contribution in [0, 0.1) is 34.5 Å². The van der Waals surface area contributed by atoms with E-state index in [1.807, 2.05) is 6.92 Å². The molecule has 60 valence electrons. The molecule has 0 fully saturated rings. The van der Waals surface area contributed by atoms with Crippen LogP contribution >= 0.6 is 0 Å². The lowest BCUT2D eigenvalue weighted by Crippen LogP contribution is -2.15. The molecule has 0 saturated carbocycles. The average molecular weight is 151 g/mol. The lowest BCUT2D eigenvalue weighted by atomic mass is 9.90. The van der Waals surface area contributed by atoms with Crippen molar-refractivity contribution in [3.8, 4) is 12.1 Å². The number of hydrogen-bond acceptors (Lipinski definition) is 3. The largest absolute Gasteiger partial charge is 0.330 e. The molecule has 0 spiro atoms. The summed E-state index contributed by atoms with van der Waals surface area (Å²) in [7, 11) is 0. The molecule has 0 aliphatic carbocycles. The summed E-state index contributed by atoms with van der Waals surface area (Å²) < 4.78 is 0. The molecule has 2 atom stereocenters. The first-order chi connectivity index (χ1) is 5.29. The maximum Gasteiger partial charge on any atom is 0.0670 e. The van der Waals surface area contributed by atoms with Crippen LogP contribution in [0.5, 0.6) is 0 Å². The second-order valence-corrected chi connectivity index (χ2v) is 2.46. The molecule has 0 amide bonds. The van der Waals surface area contributed by atoms with Crippen molar-refractivity contribution in [2.24, 2.45) is 17.6 Å². The number of nitrogens with two attached hydrogens (primary N) is 1. The first-order valence-corrected chi connectivity index (χ1v) is 3.79. The van der Waals surface area contributed by atoms with Gasteiger partial charge in [-0.15, -0.1) is 0 Å². The van der Waals surface area contributed by atoms with Crippen LogP contribution in [0.15, 0.2) is 0 Å². The zero-order valence-corrected chi connectivity index (χ0v) is 6.75. The van der Waals surface area contributed by atoms with Gasteiger partial charge in [-0.1, -0.05) is 6.92 Å². The first-order valence-electron chi connectivity index (χ1n) is 3.79. The molecule has 0 bridgehead atoms. The van der Waals surface area contributed by atoms with Gasteiger partial charge in [0.15, 0.2) is 0 Å². The minimum atomic E-state index is -0.185. The minimum Gasteiger partial charge on any atom is -0.330 e. The summed E-state index contributed by atoms with van der Waals surface area (Å²) in [6.07, 6.45) is 1.36. The summed E-state index contributed by atoms with van der Waals surface area (Å²) in [5.74, 6) is -0.335. The second-order valence-electron chi connectivity index (χ2n) is 2.46. The number of nitrogens with zero attached hydrogens (tertiary/aromatic N) is 2. The summed E-state index contributed by atoms with van der Waals surface area (Å²) in [5.41, 5.74) is 5.29. The molecular weight excluding hydrogens is 138 g/mol. The van der Waals surface area contributed by atoms with Crippen molar-refractivity contribution in [1.29, 1.82) is 10.5 Å². The Balaban J connectivity index is 4.03. The van der Waals surface area contributed by atoms with Gasteiger partial charge in [0.1, 0.15) is 0 Å². The fourth-order valence-electron chi connectivity index (χ4n) is 1.00. The van der Waals surface area contributed by atoms with Crippen molar-refractivity contribution in [3.63, 3.8) is 0 Å². The molecule has 0 saturated heterocycles. The molecule has 0 aliphatic rings. The molecule has 0 aromatic rings. The lowest BCUT2D eigenvalue weighted by molar-refractivity contribution is 0.458. The molecule has 2 N–H and O–H groups in total. The van der Waals surface area contributed by atoms with Crippen LogP contribution in [0.25, 0.3) is 0 Å². The standard InChI is InChI=1S/C8H13N3/c1-2-7(5-10)8(6-11)3-4-9/h7-8H,2-4,9H2,1H3. The van der Waals surface area contributed by atoms with Crippen molar-refractivity contribution in [1.82, 2.24) is 0 Å². The van der Waals surface area contributed by atoms with Crippen molar-refractivity contribution in [2.45, 2.75) is 19.8 Å². The van der Waals surface area contributed by atoms with E-state index in [0.29, 0.717) is 13.0 Å². The maximum atomic E-state index is 8.63. The highest BCUT2D eigenvalue weighted by molar-refractivity contribution is 4.97. The quantitative estimate of drug-likeness (QED) is 0.652. The topological polar surface area (TPSA) is 73.6 Å². The van der Waals surface area contributed by atoms with E-state index in [2.05, 4.69) is 12.1 Å². The Hall–Kier alpha value is -1.06. The van der Waals surface area contributed by atoms with E-state index in [9.17, 15) is 0 Å². The van der Waals surface area contributed by atoms with Gasteiger partial charge in [0.05, 0.1) is 24.0 Å². The highest BCUT2D eigenvalue weighted by Gasteiger charge is 2.17. The van der Waals surface area contributed by atoms with Gasteiger partial charge in [0, 0.05) is 0 Å². The Kier molecular flexibility index (Phi) is 5.15. The molecule has 0 aromatic carbocycles. The van der Waals surface area contributed by atoms with Crippen LogP contribution in [0.3, 0.4) is 0 Å². The SMILES string of the molecule is CCC(C#N)C(C#N)CCN. The van der Waals surface area contributed by atoms with E-state index in [-0.39, 0.29) is 11.8 Å². The lowest BCUT2D eigenvalue weighted by Gasteiger charge is -2.10. The summed E-state index contributed by atoms with van der Waals surface area (Å²) in [6.45, 7) is 2.39. The van der Waals surface area contributed by atoms with Gasteiger partial charge in [-0.05, 0) is 19.4 Å². The molecule has 3 heteroatoms. The minimum absolute atomic E-state index is 0.149. The van der Waals surface area contributed by atoms with Crippen LogP contribution in [0.2, 0.25) is 0 Å². The highest BCUT2D eigenvalue weighted by atomic mass is 14.5. The van der Waals surface area contributed by atoms with E-state index in [4.69, 9.17) is 16.3 Å². The molecule has 2 unspecified atom stereocenters. The molecule has 0 rings (SSSR count). The van der Waals surface area contributed by atoms with Gasteiger partial charge in [-0.25, -0.2) is 0 Å². The monoisotopic (exact) mass is 151 g/mol. The van der Waals surface area contributed by atoms with Crippen molar-refractivity contribution in [2.75, 3.05) is 6.54 Å². The Labute approximate surface area is 67.4 Å². The van der Waals surface area contributed by atoms with E-state index >= 15 is 0 Å². The van der Waals surface area contributed by atoms with E-state index in [1.165, 1.54) is 0 Å². The van der Waals surface area contributed by atoms with Gasteiger partial charge in [-0.2, -0.15) is 10.5 Å². The number of rotatable bonds is 4. The fourth-order valence-corrected chi connectivity index (χ4v) is 1.00. The van der Waals surface area contributed by atoms with Crippen LogP contribution in [-0.2, 0) is 0 Å². The molecule has 0 radical (unpaired) electrons. The fraction of sp³-hybridized carbons (Fsp3) is 0.750. The van der Waals surface area contributed by atoms with E-state index in [1.54, 1.807) is 0 Å². The predicted octanol–water partition coefficient (Wildman–Crippen LogP) is 1.02. The molecular formula is C8H13N3. The van der Waals surface area contributed by atoms with Gasteiger partial charge < -0.3 is 5.73 Å². The third-order valence-corrected chi connectivity index (χ3v) is 1.73. The summed E-state index contributed by atoms with van der Waals surface area (Å²) in [6, 6.07) is 4.21. The third-order valence-electron chi connectivity index (χ3n) is 1.73. The summed E-state index contributed by atoms with van der Waals surface area (Å²) in [5, 5.41) is 17.2. The van der Waals surface area contributed by atoms with Crippen molar-refractivity contribution < 1.29 is 0 Å². The summed E-state index contributed by atoms with van der Waals surface area (Å²) in [4.78, 5) is 0. The normalized spacial score (nSPS) is 14.5. The Morgan fingerprint density at radius 1 is 1.27 bits per heavy atom. The van der Waals surface area contributed by atoms with Gasteiger partial charge in [0.2, 0.25) is 0 Å². The molecule has 11 heavy (non-hydrogen) atoms. The smallest absolute Gasteiger partial charge is 0.0670 e. The van der Waals surface area contributed by atoms with Crippen molar-refractivity contribution >= 4 is 0 Å². The van der Waals surface area contributed by atoms with E-state index < -0.39 is 0 Å². The van der Waals surface area contributed by atoms with Crippen LogP contribution in [0.1, 0.15) is 19.8 Å². The Bertz CT molecular complexity index is 175. The molecule has 3 nitrogen and oxygen atoms in total. The first kappa shape index (κ1) is 9.94. The van der Waals surface area contributed by atoms with Gasteiger partial charge >= 0.3 is 0 Å². The second kappa shape index (κ2) is 5.70. The predicted molar refractivity (Wildman–Crippen MR) is 42.2 cm³/mol. The van der Waals surface area contributed by atoms with Gasteiger partial charge in [-0.3, -0.25) is 0 Å². The molecule has 0 aliphatic heterocycles. The average Bonchev–Trinajstić information content (AvgIpc) is 2.05. The van der Waals surface area contributed by atoms with E-state index in [0.717, 1.165) is 6.42 Å². The van der Waals surface area contributed by atoms with Crippen LogP contribution < -0.4 is 5.73 Å². The van der Waals surface area contributed by atoms with Crippen molar-refractivity contribution in [3.05, 3.63) is 0 Å². The Morgan fingerprint density at radius 2 is 1.82 bits per heavy atom. The zero-order valence-electron chi connectivity index (χ0n) is 6.75. The molecule has 0 heterocycles. The Morgan fingerprint density at radius 3 is 2.09 bits per heavy atom. The zero-order chi connectivity index (χ0) is 8.69. The summed E-state index contributed by atoms with van der Waals surface area (Å²) >= 11 is 0. The number of hydrogen-bond donors (Lipinski definition) is 1. The van der Waals surface area contributed by atoms with Gasteiger partial charge in [0.25, 0.3) is 0 Å². The van der Waals surface area contributed by atoms with Crippen LogP contribution in [0.4, 0.5) is 0 Å². The highest BCUT2D eigenvalue weighted by Crippen LogP contribution is 2.16. The maximum absolute atomic E-state index is 8.63. The molecule has 0 aromatic heterocycles. The van der Waals surface area contributed by atoms with Crippen LogP contribution in [-0.4, -0.2) is 6.54 Å².